The van der Waals surface area contributed by atoms with Gasteiger partial charge in [0.1, 0.15) is 6.04 Å². The van der Waals surface area contributed by atoms with E-state index in [4.69, 9.17) is 0 Å². The third-order valence-corrected chi connectivity index (χ3v) is 3.30. The van der Waals surface area contributed by atoms with Crippen LogP contribution in [0.25, 0.3) is 0 Å². The molecular formula is C12H12N2O2. The monoisotopic (exact) mass is 216 g/mol. The fourth-order valence-corrected chi connectivity index (χ4v) is 2.40. The number of rotatable bonds is 2. The highest BCUT2D eigenvalue weighted by atomic mass is 16.2. The number of amides is 3. The number of benzene rings is 1. The Bertz CT molecular complexity index is 444. The average Bonchev–Trinajstić information content (AvgIpc) is 3.00. The summed E-state index contributed by atoms with van der Waals surface area (Å²) in [6.45, 7) is 0. The predicted octanol–water partition coefficient (Wildman–Crippen LogP) is 0.998. The third-order valence-electron chi connectivity index (χ3n) is 3.30. The van der Waals surface area contributed by atoms with E-state index in [2.05, 4.69) is 22.8 Å². The lowest BCUT2D eigenvalue weighted by Crippen LogP contribution is -2.31. The second-order valence-electron chi connectivity index (χ2n) is 4.36. The summed E-state index contributed by atoms with van der Waals surface area (Å²) in [5, 5.41) is 4.94. The molecule has 0 bridgehead atoms. The molecule has 1 aliphatic carbocycles. The molecule has 4 nitrogen and oxygen atoms in total. The van der Waals surface area contributed by atoms with Crippen molar-refractivity contribution < 1.29 is 9.59 Å². The third kappa shape index (κ3) is 1.46. The average molecular weight is 216 g/mol. The molecule has 0 spiro atoms. The molecule has 16 heavy (non-hydrogen) atoms. The highest BCUT2D eigenvalue weighted by molar-refractivity contribution is 6.04. The Kier molecular flexibility index (Phi) is 1.96. The fraction of sp³-hybridized carbons (Fsp3) is 0.333. The van der Waals surface area contributed by atoms with Gasteiger partial charge in [-0.2, -0.15) is 0 Å². The van der Waals surface area contributed by atoms with Crippen molar-refractivity contribution >= 4 is 11.9 Å². The Balaban J connectivity index is 1.73. The van der Waals surface area contributed by atoms with Crippen LogP contribution in [0.1, 0.15) is 17.9 Å². The summed E-state index contributed by atoms with van der Waals surface area (Å²) >= 11 is 0. The smallest absolute Gasteiger partial charge is 0.322 e. The van der Waals surface area contributed by atoms with E-state index in [0.717, 1.165) is 6.42 Å². The van der Waals surface area contributed by atoms with Gasteiger partial charge in [-0.15, -0.1) is 0 Å². The highest BCUT2D eigenvalue weighted by Gasteiger charge is 2.49. The summed E-state index contributed by atoms with van der Waals surface area (Å²) in [4.78, 5) is 22.4. The molecule has 1 aliphatic heterocycles. The molecule has 3 atom stereocenters. The van der Waals surface area contributed by atoms with Crippen molar-refractivity contribution in [2.75, 3.05) is 0 Å². The van der Waals surface area contributed by atoms with Crippen LogP contribution in [0.15, 0.2) is 30.3 Å². The zero-order chi connectivity index (χ0) is 11.1. The van der Waals surface area contributed by atoms with Crippen LogP contribution in [0.2, 0.25) is 0 Å². The Morgan fingerprint density at radius 2 is 1.88 bits per heavy atom. The van der Waals surface area contributed by atoms with E-state index < -0.39 is 0 Å². The van der Waals surface area contributed by atoms with Gasteiger partial charge < -0.3 is 5.32 Å². The number of hydrogen-bond donors (Lipinski definition) is 2. The molecule has 2 N–H and O–H groups in total. The Labute approximate surface area is 93.0 Å². The molecule has 4 heteroatoms. The van der Waals surface area contributed by atoms with Gasteiger partial charge in [0.15, 0.2) is 0 Å². The standard InChI is InChI=1S/C12H12N2O2/c15-11-10(13-12(16)14-11)9-6-8(9)7-4-2-1-3-5-7/h1-5,8-10H,6H2,(H2,13,14,15,16)/t8-,9-,10+/m1/s1. The minimum atomic E-state index is -0.367. The van der Waals surface area contributed by atoms with E-state index >= 15 is 0 Å². The van der Waals surface area contributed by atoms with Crippen LogP contribution in [0.4, 0.5) is 4.79 Å². The van der Waals surface area contributed by atoms with E-state index in [1.165, 1.54) is 5.56 Å². The molecule has 1 saturated carbocycles. The second-order valence-corrected chi connectivity index (χ2v) is 4.36. The van der Waals surface area contributed by atoms with Crippen LogP contribution in [-0.4, -0.2) is 18.0 Å². The van der Waals surface area contributed by atoms with Gasteiger partial charge in [-0.25, -0.2) is 4.79 Å². The molecule has 0 radical (unpaired) electrons. The van der Waals surface area contributed by atoms with Crippen LogP contribution in [0, 0.1) is 5.92 Å². The van der Waals surface area contributed by atoms with Crippen LogP contribution in [-0.2, 0) is 4.79 Å². The van der Waals surface area contributed by atoms with Crippen molar-refractivity contribution in [2.45, 2.75) is 18.4 Å². The summed E-state index contributed by atoms with van der Waals surface area (Å²) in [5.74, 6) is 0.484. The minimum absolute atomic E-state index is 0.187. The normalized spacial score (nSPS) is 32.1. The largest absolute Gasteiger partial charge is 0.326 e. The van der Waals surface area contributed by atoms with Gasteiger partial charge in [0.25, 0.3) is 5.91 Å². The number of carbonyl (C=O) groups excluding carboxylic acids is 2. The molecule has 1 heterocycles. The maximum Gasteiger partial charge on any atom is 0.322 e. The second kappa shape index (κ2) is 3.33. The molecule has 1 aromatic rings. The Morgan fingerprint density at radius 1 is 1.12 bits per heavy atom. The maximum absolute atomic E-state index is 11.4. The molecule has 3 amide bonds. The van der Waals surface area contributed by atoms with Gasteiger partial charge in [-0.1, -0.05) is 30.3 Å². The lowest BCUT2D eigenvalue weighted by atomic mass is 10.1. The van der Waals surface area contributed by atoms with E-state index in [0.29, 0.717) is 5.92 Å². The predicted molar refractivity (Wildman–Crippen MR) is 57.8 cm³/mol. The van der Waals surface area contributed by atoms with Gasteiger partial charge in [-0.05, 0) is 23.8 Å². The SMILES string of the molecule is O=C1NC(=O)[C@H]([C@@H]2C[C@@H]2c2ccccc2)N1. The number of hydrogen-bond acceptors (Lipinski definition) is 2. The Morgan fingerprint density at radius 3 is 2.50 bits per heavy atom. The zero-order valence-corrected chi connectivity index (χ0v) is 8.64. The van der Waals surface area contributed by atoms with Crippen molar-refractivity contribution in [3.8, 4) is 0 Å². The first-order chi connectivity index (χ1) is 7.75. The van der Waals surface area contributed by atoms with Crippen molar-refractivity contribution in [2.24, 2.45) is 5.92 Å². The lowest BCUT2D eigenvalue weighted by Gasteiger charge is -2.05. The molecule has 1 saturated heterocycles. The van der Waals surface area contributed by atoms with Gasteiger partial charge in [0, 0.05) is 0 Å². The van der Waals surface area contributed by atoms with Crippen LogP contribution in [0.3, 0.4) is 0 Å². The maximum atomic E-state index is 11.4. The van der Waals surface area contributed by atoms with Gasteiger partial charge in [0.05, 0.1) is 0 Å². The van der Waals surface area contributed by atoms with Gasteiger partial charge >= 0.3 is 6.03 Å². The van der Waals surface area contributed by atoms with Crippen molar-refractivity contribution in [3.05, 3.63) is 35.9 Å². The molecular weight excluding hydrogens is 204 g/mol. The van der Waals surface area contributed by atoms with Crippen LogP contribution in [0.5, 0.6) is 0 Å². The first-order valence-corrected chi connectivity index (χ1v) is 5.42. The van der Waals surface area contributed by atoms with Gasteiger partial charge in [-0.3, -0.25) is 10.1 Å². The van der Waals surface area contributed by atoms with Crippen LogP contribution >= 0.6 is 0 Å². The van der Waals surface area contributed by atoms with Crippen molar-refractivity contribution in [1.29, 1.82) is 0 Å². The van der Waals surface area contributed by atoms with Gasteiger partial charge in [0.2, 0.25) is 0 Å². The van der Waals surface area contributed by atoms with Crippen LogP contribution < -0.4 is 10.6 Å². The molecule has 82 valence electrons. The summed E-state index contributed by atoms with van der Waals surface area (Å²) in [5.41, 5.74) is 1.25. The molecule has 0 unspecified atom stereocenters. The van der Waals surface area contributed by atoms with Crippen molar-refractivity contribution in [1.82, 2.24) is 10.6 Å². The number of imide groups is 1. The first kappa shape index (κ1) is 9.39. The number of nitrogens with one attached hydrogen (secondary N) is 2. The summed E-state index contributed by atoms with van der Waals surface area (Å²) < 4.78 is 0. The Hall–Kier alpha value is -1.84. The summed E-state index contributed by atoms with van der Waals surface area (Å²) in [7, 11) is 0. The molecule has 2 fully saturated rings. The molecule has 2 aliphatic rings. The van der Waals surface area contributed by atoms with E-state index in [-0.39, 0.29) is 23.9 Å². The zero-order valence-electron chi connectivity index (χ0n) is 8.64. The molecule has 3 rings (SSSR count). The van der Waals surface area contributed by atoms with E-state index in [9.17, 15) is 9.59 Å². The summed E-state index contributed by atoms with van der Waals surface area (Å²) in [6, 6.07) is 9.41. The highest BCUT2D eigenvalue weighted by Crippen LogP contribution is 2.49. The quantitative estimate of drug-likeness (QED) is 0.724. The van der Waals surface area contributed by atoms with Crippen molar-refractivity contribution in [3.63, 3.8) is 0 Å². The van der Waals surface area contributed by atoms with E-state index in [1.807, 2.05) is 18.2 Å². The molecule has 0 aromatic heterocycles. The number of urea groups is 1. The molecule has 1 aromatic carbocycles. The number of carbonyl (C=O) groups is 2. The fourth-order valence-electron chi connectivity index (χ4n) is 2.40. The topological polar surface area (TPSA) is 58.2 Å². The van der Waals surface area contributed by atoms with E-state index in [1.54, 1.807) is 0 Å². The first-order valence-electron chi connectivity index (χ1n) is 5.42. The minimum Gasteiger partial charge on any atom is -0.326 e. The lowest BCUT2D eigenvalue weighted by molar-refractivity contribution is -0.120. The summed E-state index contributed by atoms with van der Waals surface area (Å²) in [6.07, 6.45) is 0.975.